The number of carboxylic acid groups (broad SMARTS) is 1. The van der Waals surface area contributed by atoms with Crippen molar-refractivity contribution >= 4 is 17.9 Å². The Balaban J connectivity index is 1.52. The Bertz CT molecular complexity index is 1260. The summed E-state index contributed by atoms with van der Waals surface area (Å²) in [4.78, 5) is 38.9. The van der Waals surface area contributed by atoms with Gasteiger partial charge in [0.2, 0.25) is 11.8 Å². The van der Waals surface area contributed by atoms with Gasteiger partial charge in [0.1, 0.15) is 5.75 Å². The van der Waals surface area contributed by atoms with Gasteiger partial charge >= 0.3 is 6.09 Å². The van der Waals surface area contributed by atoms with E-state index in [2.05, 4.69) is 10.6 Å². The predicted molar refractivity (Wildman–Crippen MR) is 154 cm³/mol. The highest BCUT2D eigenvalue weighted by Crippen LogP contribution is 2.26. The van der Waals surface area contributed by atoms with Gasteiger partial charge < -0.3 is 31.5 Å². The van der Waals surface area contributed by atoms with Crippen molar-refractivity contribution in [3.8, 4) is 5.75 Å². The van der Waals surface area contributed by atoms with Crippen LogP contribution in [0, 0.1) is 13.8 Å². The summed E-state index contributed by atoms with van der Waals surface area (Å²) >= 11 is 0. The van der Waals surface area contributed by atoms with Crippen LogP contribution in [0.1, 0.15) is 52.6 Å². The van der Waals surface area contributed by atoms with Gasteiger partial charge in [0.25, 0.3) is 0 Å². The lowest BCUT2D eigenvalue weighted by Crippen LogP contribution is -2.40. The molecule has 3 aromatic rings. The molecule has 3 amide bonds. The van der Waals surface area contributed by atoms with Crippen LogP contribution in [-0.2, 0) is 16.1 Å². The molecule has 0 aromatic heterocycles. The SMILES string of the molecule is Cc1cc(O)cc(C)c1C(N)CC(=O)NCCCNC(=O)C(CN(Cc1ccccc1)C(=O)O)c1ccccc1. The Hall–Kier alpha value is -4.37. The van der Waals surface area contributed by atoms with Gasteiger partial charge in [-0.25, -0.2) is 4.79 Å². The summed E-state index contributed by atoms with van der Waals surface area (Å²) in [6.45, 7) is 4.54. The molecule has 9 nitrogen and oxygen atoms in total. The number of hydrogen-bond donors (Lipinski definition) is 5. The van der Waals surface area contributed by atoms with Crippen molar-refractivity contribution in [2.45, 2.75) is 45.2 Å². The highest BCUT2D eigenvalue weighted by Gasteiger charge is 2.26. The van der Waals surface area contributed by atoms with Crippen LogP contribution in [0.2, 0.25) is 0 Å². The van der Waals surface area contributed by atoms with Crippen LogP contribution >= 0.6 is 0 Å². The molecule has 0 saturated heterocycles. The number of nitrogens with zero attached hydrogens (tertiary/aromatic N) is 1. The van der Waals surface area contributed by atoms with Crippen LogP contribution in [0.15, 0.2) is 72.8 Å². The van der Waals surface area contributed by atoms with Crippen LogP contribution in [0.25, 0.3) is 0 Å². The van der Waals surface area contributed by atoms with Gasteiger partial charge in [-0.15, -0.1) is 0 Å². The Morgan fingerprint density at radius 2 is 1.48 bits per heavy atom. The van der Waals surface area contributed by atoms with E-state index in [4.69, 9.17) is 5.73 Å². The summed E-state index contributed by atoms with van der Waals surface area (Å²) in [6, 6.07) is 21.1. The summed E-state index contributed by atoms with van der Waals surface area (Å²) < 4.78 is 0. The number of aryl methyl sites for hydroxylation is 2. The van der Waals surface area contributed by atoms with Crippen molar-refractivity contribution in [2.75, 3.05) is 19.6 Å². The van der Waals surface area contributed by atoms with E-state index in [1.165, 1.54) is 4.90 Å². The van der Waals surface area contributed by atoms with E-state index in [1.807, 2.05) is 74.5 Å². The summed E-state index contributed by atoms with van der Waals surface area (Å²) in [5, 5.41) is 25.3. The zero-order chi connectivity index (χ0) is 29.1. The first-order valence-corrected chi connectivity index (χ1v) is 13.3. The van der Waals surface area contributed by atoms with E-state index in [0.29, 0.717) is 19.5 Å². The van der Waals surface area contributed by atoms with E-state index in [0.717, 1.165) is 27.8 Å². The van der Waals surface area contributed by atoms with E-state index in [9.17, 15) is 24.6 Å². The lowest BCUT2D eigenvalue weighted by atomic mass is 9.94. The molecule has 3 aromatic carbocycles. The number of phenolic OH excluding ortho intramolecular Hbond substituents is 1. The summed E-state index contributed by atoms with van der Waals surface area (Å²) in [5.74, 6) is -1.01. The van der Waals surface area contributed by atoms with Gasteiger partial charge in [0.15, 0.2) is 0 Å². The number of carbonyl (C=O) groups excluding carboxylic acids is 2. The number of hydrogen-bond acceptors (Lipinski definition) is 5. The maximum atomic E-state index is 13.2. The topological polar surface area (TPSA) is 145 Å². The predicted octanol–water partition coefficient (Wildman–Crippen LogP) is 3.99. The van der Waals surface area contributed by atoms with Crippen molar-refractivity contribution in [3.05, 3.63) is 101 Å². The van der Waals surface area contributed by atoms with E-state index in [1.54, 1.807) is 12.1 Å². The van der Waals surface area contributed by atoms with Gasteiger partial charge in [-0.2, -0.15) is 0 Å². The maximum absolute atomic E-state index is 13.2. The molecule has 0 aliphatic rings. The Morgan fingerprint density at radius 3 is 2.08 bits per heavy atom. The van der Waals surface area contributed by atoms with Gasteiger partial charge in [0.05, 0.1) is 5.92 Å². The largest absolute Gasteiger partial charge is 0.508 e. The van der Waals surface area contributed by atoms with Crippen LogP contribution in [0.4, 0.5) is 4.79 Å². The molecular weight excluding hydrogens is 508 g/mol. The highest BCUT2D eigenvalue weighted by molar-refractivity contribution is 5.84. The summed E-state index contributed by atoms with van der Waals surface area (Å²) in [7, 11) is 0. The number of aromatic hydroxyl groups is 1. The van der Waals surface area contributed by atoms with E-state index in [-0.39, 0.29) is 37.1 Å². The van der Waals surface area contributed by atoms with Gasteiger partial charge in [-0.3, -0.25) is 9.59 Å². The van der Waals surface area contributed by atoms with Gasteiger partial charge in [-0.05, 0) is 60.2 Å². The molecule has 2 unspecified atom stereocenters. The van der Waals surface area contributed by atoms with Gasteiger partial charge in [0, 0.05) is 38.6 Å². The summed E-state index contributed by atoms with van der Waals surface area (Å²) in [5.41, 5.74) is 10.3. The standard InChI is InChI=1S/C31H38N4O5/c1-21-16-25(36)17-22(2)29(21)27(32)18-28(37)33-14-9-15-34-30(38)26(24-12-7-4-8-13-24)20-35(31(39)40)19-23-10-5-3-6-11-23/h3-8,10-13,16-17,26-27,36H,9,14-15,18-20,32H2,1-2H3,(H,33,37)(H,34,38)(H,39,40). The summed E-state index contributed by atoms with van der Waals surface area (Å²) in [6.07, 6.45) is -0.504. The zero-order valence-corrected chi connectivity index (χ0v) is 23.0. The quantitative estimate of drug-likeness (QED) is 0.205. The minimum atomic E-state index is -1.10. The van der Waals surface area contributed by atoms with Crippen molar-refractivity contribution in [1.82, 2.24) is 15.5 Å². The highest BCUT2D eigenvalue weighted by atomic mass is 16.4. The molecular formula is C31H38N4O5. The normalized spacial score (nSPS) is 12.3. The van der Waals surface area contributed by atoms with E-state index >= 15 is 0 Å². The number of amides is 3. The van der Waals surface area contributed by atoms with Crippen molar-refractivity contribution < 1.29 is 24.6 Å². The van der Waals surface area contributed by atoms with Crippen LogP contribution < -0.4 is 16.4 Å². The number of carbonyl (C=O) groups is 3. The minimum absolute atomic E-state index is 0.00475. The van der Waals surface area contributed by atoms with Crippen LogP contribution in [0.3, 0.4) is 0 Å². The fraction of sp³-hybridized carbons (Fsp3) is 0.323. The molecule has 40 heavy (non-hydrogen) atoms. The first-order valence-electron chi connectivity index (χ1n) is 13.3. The van der Waals surface area contributed by atoms with Crippen molar-refractivity contribution in [2.24, 2.45) is 5.73 Å². The molecule has 0 bridgehead atoms. The smallest absolute Gasteiger partial charge is 0.407 e. The molecule has 6 N–H and O–H groups in total. The molecule has 0 aliphatic heterocycles. The molecule has 3 rings (SSSR count). The zero-order valence-electron chi connectivity index (χ0n) is 23.0. The average Bonchev–Trinajstić information content (AvgIpc) is 2.91. The number of rotatable bonds is 13. The average molecular weight is 547 g/mol. The first-order chi connectivity index (χ1) is 19.2. The van der Waals surface area contributed by atoms with Gasteiger partial charge in [-0.1, -0.05) is 60.7 Å². The molecule has 0 fully saturated rings. The first kappa shape index (κ1) is 30.2. The lowest BCUT2D eigenvalue weighted by Gasteiger charge is -2.25. The molecule has 0 spiro atoms. The van der Waals surface area contributed by atoms with Crippen molar-refractivity contribution in [1.29, 1.82) is 0 Å². The molecule has 9 heteroatoms. The Labute approximate surface area is 235 Å². The molecule has 0 radical (unpaired) electrons. The molecule has 0 aliphatic carbocycles. The van der Waals surface area contributed by atoms with E-state index < -0.39 is 18.1 Å². The third-order valence-electron chi connectivity index (χ3n) is 6.74. The fourth-order valence-electron chi connectivity index (χ4n) is 4.82. The second kappa shape index (κ2) is 14.7. The van der Waals surface area contributed by atoms with Crippen LogP contribution in [0.5, 0.6) is 5.75 Å². The number of nitrogens with two attached hydrogens (primary N) is 1. The lowest BCUT2D eigenvalue weighted by molar-refractivity contribution is -0.123. The molecule has 2 atom stereocenters. The van der Waals surface area contributed by atoms with Crippen LogP contribution in [-0.4, -0.2) is 52.7 Å². The Kier molecular flexibility index (Phi) is 11.1. The molecule has 0 saturated carbocycles. The number of phenols is 1. The third kappa shape index (κ3) is 8.84. The monoisotopic (exact) mass is 546 g/mol. The molecule has 212 valence electrons. The minimum Gasteiger partial charge on any atom is -0.508 e. The second-order valence-corrected chi connectivity index (χ2v) is 9.91. The number of benzene rings is 3. The van der Waals surface area contributed by atoms with Crippen molar-refractivity contribution in [3.63, 3.8) is 0 Å². The Morgan fingerprint density at radius 1 is 0.900 bits per heavy atom. The maximum Gasteiger partial charge on any atom is 0.407 e. The molecule has 0 heterocycles. The second-order valence-electron chi connectivity index (χ2n) is 9.91. The number of nitrogens with one attached hydrogen (secondary N) is 2. The third-order valence-corrected chi connectivity index (χ3v) is 6.74. The fourth-order valence-corrected chi connectivity index (χ4v) is 4.82.